The molecule has 2 rings (SSSR count). The quantitative estimate of drug-likeness (QED) is 0.733. The van der Waals surface area contributed by atoms with E-state index in [2.05, 4.69) is 82.7 Å². The van der Waals surface area contributed by atoms with Crippen molar-refractivity contribution in [2.24, 2.45) is 10.2 Å². The minimum Gasteiger partial charge on any atom is -0.317 e. The minimum atomic E-state index is -1.57. The van der Waals surface area contributed by atoms with Gasteiger partial charge in [0, 0.05) is 14.1 Å². The molecule has 0 fully saturated rings. The van der Waals surface area contributed by atoms with Crippen LogP contribution in [0.3, 0.4) is 0 Å². The molecule has 0 aromatic carbocycles. The summed E-state index contributed by atoms with van der Waals surface area (Å²) in [6.45, 7) is 13.8. The van der Waals surface area contributed by atoms with E-state index < -0.39 is 16.5 Å². The second-order valence-electron chi connectivity index (χ2n) is 7.30. The third-order valence-corrected chi connectivity index (χ3v) is 6.42. The van der Waals surface area contributed by atoms with Gasteiger partial charge in [0.25, 0.3) is 0 Å². The highest BCUT2D eigenvalue weighted by molar-refractivity contribution is 6.74. The second-order valence-corrected chi connectivity index (χ2v) is 16.8. The van der Waals surface area contributed by atoms with Gasteiger partial charge in [0.05, 0.1) is 0 Å². The number of hydrogen-bond acceptors (Lipinski definition) is 6. The van der Waals surface area contributed by atoms with Gasteiger partial charge in [0.1, 0.15) is 12.7 Å². The molecule has 0 spiro atoms. The molecule has 0 atom stereocenters. The van der Waals surface area contributed by atoms with Crippen LogP contribution in [0.4, 0.5) is 0 Å². The molecular weight excluding hydrogens is 284 g/mol. The third kappa shape index (κ3) is 2.49. The first-order chi connectivity index (χ1) is 9.03. The Kier molecular flexibility index (Phi) is 3.49. The summed E-state index contributed by atoms with van der Waals surface area (Å²) in [7, 11) is 0.967. The standard InChI is InChI=1S/C12H26N6Si2/c1-15-9-13-17(19(3,4)5)11(15)12-16(2)10-14-18(12)20(6,7)8/h9-10H,1-8H3/b12-11-. The van der Waals surface area contributed by atoms with Crippen molar-refractivity contribution in [2.75, 3.05) is 14.1 Å². The lowest BCUT2D eigenvalue weighted by Crippen LogP contribution is -2.48. The Labute approximate surface area is 124 Å². The van der Waals surface area contributed by atoms with Crippen LogP contribution in [0.1, 0.15) is 0 Å². The Balaban J connectivity index is 2.53. The average Bonchev–Trinajstić information content (AvgIpc) is 2.79. The van der Waals surface area contributed by atoms with E-state index in [4.69, 9.17) is 0 Å². The fourth-order valence-electron chi connectivity index (χ4n) is 2.26. The van der Waals surface area contributed by atoms with Crippen LogP contribution in [-0.2, 0) is 0 Å². The molecule has 6 nitrogen and oxygen atoms in total. The maximum Gasteiger partial charge on any atom is 0.179 e. The summed E-state index contributed by atoms with van der Waals surface area (Å²) in [5, 5.41) is 9.22. The van der Waals surface area contributed by atoms with Crippen LogP contribution >= 0.6 is 0 Å². The van der Waals surface area contributed by atoms with Crippen LogP contribution in [0.2, 0.25) is 39.3 Å². The molecule has 0 saturated heterocycles. The van der Waals surface area contributed by atoms with Crippen molar-refractivity contribution in [3.63, 3.8) is 0 Å². The number of hydrazone groups is 2. The van der Waals surface area contributed by atoms with Gasteiger partial charge >= 0.3 is 0 Å². The monoisotopic (exact) mass is 310 g/mol. The van der Waals surface area contributed by atoms with E-state index in [-0.39, 0.29) is 0 Å². The Morgan fingerprint density at radius 3 is 1.25 bits per heavy atom. The Morgan fingerprint density at radius 2 is 1.00 bits per heavy atom. The SMILES string of the molecule is CN1C=NN([Si](C)(C)C)/C1=C1/N(C)C=NN1[Si](C)(C)C. The van der Waals surface area contributed by atoms with E-state index in [1.165, 1.54) is 0 Å². The van der Waals surface area contributed by atoms with Crippen LogP contribution in [0.5, 0.6) is 0 Å². The lowest BCUT2D eigenvalue weighted by atomic mass is 10.5. The van der Waals surface area contributed by atoms with E-state index in [1.54, 1.807) is 0 Å². The van der Waals surface area contributed by atoms with Gasteiger partial charge < -0.3 is 9.80 Å². The van der Waals surface area contributed by atoms with Gasteiger partial charge in [-0.15, -0.1) is 0 Å². The van der Waals surface area contributed by atoms with Gasteiger partial charge in [-0.3, -0.25) is 9.35 Å². The van der Waals surface area contributed by atoms with Gasteiger partial charge in [-0.1, -0.05) is 0 Å². The molecule has 2 heterocycles. The predicted octanol–water partition coefficient (Wildman–Crippen LogP) is 2.16. The van der Waals surface area contributed by atoms with E-state index in [9.17, 15) is 0 Å². The molecule has 0 saturated carbocycles. The zero-order valence-electron chi connectivity index (χ0n) is 13.8. The topological polar surface area (TPSA) is 37.7 Å². The fraction of sp³-hybridized carbons (Fsp3) is 0.667. The molecule has 0 amide bonds. The highest BCUT2D eigenvalue weighted by Gasteiger charge is 2.40. The summed E-state index contributed by atoms with van der Waals surface area (Å²) < 4.78 is 4.42. The molecule has 2 aliphatic heterocycles. The van der Waals surface area contributed by atoms with E-state index >= 15 is 0 Å². The van der Waals surface area contributed by atoms with Crippen molar-refractivity contribution < 1.29 is 0 Å². The largest absolute Gasteiger partial charge is 0.317 e. The van der Waals surface area contributed by atoms with Crippen molar-refractivity contribution in [3.05, 3.63) is 11.6 Å². The van der Waals surface area contributed by atoms with Crippen molar-refractivity contribution in [2.45, 2.75) is 39.3 Å². The Bertz CT molecular complexity index is 441. The van der Waals surface area contributed by atoms with Gasteiger partial charge in [-0.05, 0) is 39.3 Å². The highest BCUT2D eigenvalue weighted by atomic mass is 28.3. The van der Waals surface area contributed by atoms with Crippen molar-refractivity contribution in [1.82, 2.24) is 19.1 Å². The molecule has 0 N–H and O–H groups in total. The van der Waals surface area contributed by atoms with Gasteiger partial charge in [-0.2, -0.15) is 10.2 Å². The molecule has 0 aromatic heterocycles. The number of rotatable bonds is 2. The molecule has 20 heavy (non-hydrogen) atoms. The van der Waals surface area contributed by atoms with Gasteiger partial charge in [-0.25, -0.2) is 0 Å². The van der Waals surface area contributed by atoms with Gasteiger partial charge in [0.15, 0.2) is 28.1 Å². The van der Waals surface area contributed by atoms with Crippen molar-refractivity contribution in [3.8, 4) is 0 Å². The van der Waals surface area contributed by atoms with Crippen molar-refractivity contribution >= 4 is 29.1 Å². The minimum absolute atomic E-state index is 1.14. The Hall–Kier alpha value is -1.29. The second kappa shape index (κ2) is 4.62. The normalized spacial score (nSPS) is 23.6. The predicted molar refractivity (Wildman–Crippen MR) is 89.9 cm³/mol. The first-order valence-electron chi connectivity index (χ1n) is 6.92. The molecule has 0 aliphatic carbocycles. The maximum atomic E-state index is 4.61. The maximum absolute atomic E-state index is 4.61. The lowest BCUT2D eigenvalue weighted by Gasteiger charge is -2.37. The summed E-state index contributed by atoms with van der Waals surface area (Å²) in [5.41, 5.74) is 0. The smallest absolute Gasteiger partial charge is 0.179 e. The lowest BCUT2D eigenvalue weighted by molar-refractivity contribution is 0.383. The van der Waals surface area contributed by atoms with Crippen LogP contribution in [0.15, 0.2) is 21.8 Å². The molecule has 0 bridgehead atoms. The summed E-state index contributed by atoms with van der Waals surface area (Å²) >= 11 is 0. The van der Waals surface area contributed by atoms with Crippen LogP contribution < -0.4 is 0 Å². The Morgan fingerprint density at radius 1 is 0.700 bits per heavy atom. The zero-order valence-corrected chi connectivity index (χ0v) is 15.8. The van der Waals surface area contributed by atoms with Crippen LogP contribution in [0.25, 0.3) is 0 Å². The third-order valence-electron chi connectivity index (χ3n) is 3.22. The molecule has 0 unspecified atom stereocenters. The molecule has 112 valence electrons. The first-order valence-corrected chi connectivity index (χ1v) is 13.8. The summed E-state index contributed by atoms with van der Waals surface area (Å²) in [5.74, 6) is 2.29. The fourth-order valence-corrected chi connectivity index (χ4v) is 4.84. The summed E-state index contributed by atoms with van der Waals surface area (Å²) in [6.07, 6.45) is 3.80. The van der Waals surface area contributed by atoms with E-state index in [0.29, 0.717) is 0 Å². The van der Waals surface area contributed by atoms with Crippen LogP contribution in [-0.4, -0.2) is 62.4 Å². The molecule has 8 heteroatoms. The number of hydrogen-bond donors (Lipinski definition) is 0. The summed E-state index contributed by atoms with van der Waals surface area (Å²) in [6, 6.07) is 0. The zero-order chi connectivity index (χ0) is 15.3. The molecular formula is C12H26N6Si2. The molecule has 2 aliphatic rings. The van der Waals surface area contributed by atoms with Crippen molar-refractivity contribution in [1.29, 1.82) is 0 Å². The molecule has 0 radical (unpaired) electrons. The first kappa shape index (κ1) is 15.1. The number of nitrogens with zero attached hydrogens (tertiary/aromatic N) is 6. The van der Waals surface area contributed by atoms with Crippen LogP contribution in [0, 0.1) is 0 Å². The van der Waals surface area contributed by atoms with E-state index in [1.807, 2.05) is 12.7 Å². The summed E-state index contributed by atoms with van der Waals surface area (Å²) in [4.78, 5) is 4.21. The average molecular weight is 311 g/mol. The van der Waals surface area contributed by atoms with Gasteiger partial charge in [0.2, 0.25) is 0 Å². The van der Waals surface area contributed by atoms with E-state index in [0.717, 1.165) is 11.6 Å². The highest BCUT2D eigenvalue weighted by Crippen LogP contribution is 2.32. The molecule has 0 aromatic rings.